The number of nitrogens with zero attached hydrogens (tertiary/aromatic N) is 1. The first-order valence-corrected chi connectivity index (χ1v) is 8.99. The van der Waals surface area contributed by atoms with Gasteiger partial charge < -0.3 is 20.1 Å². The van der Waals surface area contributed by atoms with Gasteiger partial charge in [0.2, 0.25) is 0 Å². The number of guanidine groups is 1. The van der Waals surface area contributed by atoms with Crippen LogP contribution in [0.3, 0.4) is 0 Å². The quantitative estimate of drug-likeness (QED) is 0.230. The van der Waals surface area contributed by atoms with Crippen LogP contribution in [0, 0.1) is 5.92 Å². The van der Waals surface area contributed by atoms with Crippen molar-refractivity contribution in [3.63, 3.8) is 0 Å². The van der Waals surface area contributed by atoms with Crippen molar-refractivity contribution >= 4 is 29.9 Å². The zero-order valence-corrected chi connectivity index (χ0v) is 17.8. The minimum absolute atomic E-state index is 0. The van der Waals surface area contributed by atoms with Crippen molar-refractivity contribution in [2.24, 2.45) is 10.9 Å². The summed E-state index contributed by atoms with van der Waals surface area (Å²) in [6, 6.07) is 8.47. The van der Waals surface area contributed by atoms with E-state index >= 15 is 0 Å². The lowest BCUT2D eigenvalue weighted by Crippen LogP contribution is -2.37. The van der Waals surface area contributed by atoms with E-state index in [1.165, 1.54) is 24.0 Å². The van der Waals surface area contributed by atoms with E-state index in [0.717, 1.165) is 51.2 Å². The summed E-state index contributed by atoms with van der Waals surface area (Å²) in [6.07, 6.45) is 3.70. The van der Waals surface area contributed by atoms with E-state index in [0.29, 0.717) is 6.61 Å². The van der Waals surface area contributed by atoms with Crippen LogP contribution in [-0.2, 0) is 22.6 Å². The van der Waals surface area contributed by atoms with Gasteiger partial charge in [-0.3, -0.25) is 4.99 Å². The Labute approximate surface area is 169 Å². The number of halogens is 1. The predicted molar refractivity (Wildman–Crippen MR) is 114 cm³/mol. The standard InChI is InChI=1S/C19H31N3O2.HI/c1-3-23-14-17-7-5-16(6-8-17)13-22-19(20-2)21-11-4-12-24-15-18-9-10-18;/h5-8,18H,3-4,9-15H2,1-2H3,(H2,20,21,22);1H. The van der Waals surface area contributed by atoms with Crippen molar-refractivity contribution in [1.82, 2.24) is 10.6 Å². The molecule has 0 bridgehead atoms. The third kappa shape index (κ3) is 10.0. The highest BCUT2D eigenvalue weighted by molar-refractivity contribution is 14.0. The lowest BCUT2D eigenvalue weighted by Gasteiger charge is -2.12. The molecule has 0 radical (unpaired) electrons. The van der Waals surface area contributed by atoms with Crippen LogP contribution in [0.2, 0.25) is 0 Å². The van der Waals surface area contributed by atoms with Crippen molar-refractivity contribution in [1.29, 1.82) is 0 Å². The molecule has 0 heterocycles. The number of hydrogen-bond acceptors (Lipinski definition) is 3. The fourth-order valence-electron chi connectivity index (χ4n) is 2.30. The van der Waals surface area contributed by atoms with Gasteiger partial charge in [0.1, 0.15) is 0 Å². The second-order valence-corrected chi connectivity index (χ2v) is 6.18. The normalized spacial score (nSPS) is 14.1. The van der Waals surface area contributed by atoms with Gasteiger partial charge >= 0.3 is 0 Å². The molecule has 0 spiro atoms. The SMILES string of the molecule is CCOCc1ccc(CNC(=NC)NCCCOCC2CC2)cc1.I. The molecular weight excluding hydrogens is 429 g/mol. The summed E-state index contributed by atoms with van der Waals surface area (Å²) in [5.41, 5.74) is 2.43. The van der Waals surface area contributed by atoms with Crippen molar-refractivity contribution in [3.05, 3.63) is 35.4 Å². The van der Waals surface area contributed by atoms with Gasteiger partial charge in [0.15, 0.2) is 5.96 Å². The molecule has 0 amide bonds. The highest BCUT2D eigenvalue weighted by Crippen LogP contribution is 2.28. The molecule has 2 N–H and O–H groups in total. The maximum atomic E-state index is 5.63. The van der Waals surface area contributed by atoms with Crippen LogP contribution in [0.1, 0.15) is 37.3 Å². The molecule has 1 aromatic carbocycles. The lowest BCUT2D eigenvalue weighted by molar-refractivity contribution is 0.123. The highest BCUT2D eigenvalue weighted by Gasteiger charge is 2.20. The van der Waals surface area contributed by atoms with Gasteiger partial charge in [0.25, 0.3) is 0 Å². The average molecular weight is 461 g/mol. The Hall–Kier alpha value is -0.860. The molecule has 1 fully saturated rings. The summed E-state index contributed by atoms with van der Waals surface area (Å²) in [5, 5.41) is 6.66. The largest absolute Gasteiger partial charge is 0.381 e. The number of ether oxygens (including phenoxy) is 2. The number of hydrogen-bond donors (Lipinski definition) is 2. The minimum atomic E-state index is 0. The highest BCUT2D eigenvalue weighted by atomic mass is 127. The number of benzene rings is 1. The summed E-state index contributed by atoms with van der Waals surface area (Å²) in [7, 11) is 1.80. The molecule has 1 aromatic rings. The summed E-state index contributed by atoms with van der Waals surface area (Å²) < 4.78 is 11.0. The van der Waals surface area contributed by atoms with Gasteiger partial charge in [-0.15, -0.1) is 24.0 Å². The molecule has 5 nitrogen and oxygen atoms in total. The van der Waals surface area contributed by atoms with Crippen molar-refractivity contribution in [3.8, 4) is 0 Å². The third-order valence-corrected chi connectivity index (χ3v) is 3.99. The molecule has 0 aliphatic heterocycles. The van der Waals surface area contributed by atoms with E-state index in [1.54, 1.807) is 7.05 Å². The van der Waals surface area contributed by atoms with Gasteiger partial charge in [0.05, 0.1) is 6.61 Å². The Morgan fingerprint density at radius 1 is 1.12 bits per heavy atom. The zero-order valence-electron chi connectivity index (χ0n) is 15.4. The molecule has 1 aliphatic carbocycles. The Morgan fingerprint density at radius 3 is 2.48 bits per heavy atom. The predicted octanol–water partition coefficient (Wildman–Crippen LogP) is 3.32. The van der Waals surface area contributed by atoms with Crippen LogP contribution < -0.4 is 10.6 Å². The fraction of sp³-hybridized carbons (Fsp3) is 0.632. The minimum Gasteiger partial charge on any atom is -0.381 e. The van der Waals surface area contributed by atoms with Crippen LogP contribution in [0.5, 0.6) is 0 Å². The summed E-state index contributed by atoms with van der Waals surface area (Å²) >= 11 is 0. The monoisotopic (exact) mass is 461 g/mol. The van der Waals surface area contributed by atoms with Gasteiger partial charge in [-0.25, -0.2) is 0 Å². The van der Waals surface area contributed by atoms with Crippen molar-refractivity contribution < 1.29 is 9.47 Å². The van der Waals surface area contributed by atoms with Crippen molar-refractivity contribution in [2.75, 3.05) is 33.4 Å². The van der Waals surface area contributed by atoms with Gasteiger partial charge in [-0.1, -0.05) is 24.3 Å². The summed E-state index contributed by atoms with van der Waals surface area (Å²) in [4.78, 5) is 4.25. The summed E-state index contributed by atoms with van der Waals surface area (Å²) in [5.74, 6) is 1.67. The molecule has 0 saturated heterocycles. The van der Waals surface area contributed by atoms with Gasteiger partial charge in [-0.05, 0) is 43.2 Å². The Kier molecular flexibility index (Phi) is 11.9. The molecule has 1 saturated carbocycles. The number of rotatable bonds is 11. The van der Waals surface area contributed by atoms with Gasteiger partial charge in [-0.2, -0.15) is 0 Å². The van der Waals surface area contributed by atoms with Crippen molar-refractivity contribution in [2.45, 2.75) is 39.3 Å². The maximum Gasteiger partial charge on any atom is 0.191 e. The third-order valence-electron chi connectivity index (χ3n) is 3.99. The molecule has 142 valence electrons. The van der Waals surface area contributed by atoms with Crippen LogP contribution in [0.4, 0.5) is 0 Å². The van der Waals surface area contributed by atoms with Crippen LogP contribution in [-0.4, -0.2) is 39.4 Å². The molecule has 0 unspecified atom stereocenters. The van der Waals surface area contributed by atoms with E-state index < -0.39 is 0 Å². The maximum absolute atomic E-state index is 5.63. The molecule has 1 aliphatic rings. The second-order valence-electron chi connectivity index (χ2n) is 6.18. The fourth-order valence-corrected chi connectivity index (χ4v) is 2.30. The lowest BCUT2D eigenvalue weighted by atomic mass is 10.1. The van der Waals surface area contributed by atoms with E-state index in [2.05, 4.69) is 39.9 Å². The Balaban J connectivity index is 0.00000312. The van der Waals surface area contributed by atoms with E-state index in [1.807, 2.05) is 6.92 Å². The van der Waals surface area contributed by atoms with Gasteiger partial charge in [0, 0.05) is 40.0 Å². The van der Waals surface area contributed by atoms with E-state index in [4.69, 9.17) is 9.47 Å². The van der Waals surface area contributed by atoms with Crippen LogP contribution in [0.25, 0.3) is 0 Å². The van der Waals surface area contributed by atoms with E-state index in [-0.39, 0.29) is 24.0 Å². The Bertz CT molecular complexity index is 490. The summed E-state index contributed by atoms with van der Waals surface area (Å²) in [6.45, 7) is 6.82. The second kappa shape index (κ2) is 13.4. The zero-order chi connectivity index (χ0) is 17.0. The molecule has 0 atom stereocenters. The molecule has 2 rings (SSSR count). The molecular formula is C19H32IN3O2. The smallest absolute Gasteiger partial charge is 0.191 e. The Morgan fingerprint density at radius 2 is 1.84 bits per heavy atom. The van der Waals surface area contributed by atoms with E-state index in [9.17, 15) is 0 Å². The van der Waals surface area contributed by atoms with Crippen LogP contribution >= 0.6 is 24.0 Å². The first-order valence-electron chi connectivity index (χ1n) is 8.99. The molecule has 0 aromatic heterocycles. The number of aliphatic imine (C=N–C) groups is 1. The molecule has 25 heavy (non-hydrogen) atoms. The number of nitrogens with one attached hydrogen (secondary N) is 2. The first kappa shape index (κ1) is 22.2. The average Bonchev–Trinajstić information content (AvgIpc) is 3.44. The first-order chi connectivity index (χ1) is 11.8. The van der Waals surface area contributed by atoms with Crippen LogP contribution in [0.15, 0.2) is 29.3 Å². The topological polar surface area (TPSA) is 54.9 Å². The molecule has 6 heteroatoms.